The Morgan fingerprint density at radius 2 is 1.71 bits per heavy atom. The Balaban J connectivity index is 2.05. The van der Waals surface area contributed by atoms with Gasteiger partial charge in [-0.3, -0.25) is 4.79 Å². The average molecular weight is 342 g/mol. The van der Waals surface area contributed by atoms with Crippen LogP contribution >= 0.6 is 34.8 Å². The summed E-state index contributed by atoms with van der Waals surface area (Å²) in [5, 5.41) is 10.2. The van der Waals surface area contributed by atoms with Gasteiger partial charge in [-0.05, 0) is 35.9 Å². The molecule has 1 N–H and O–H groups in total. The lowest BCUT2D eigenvalue weighted by molar-refractivity contribution is 0.101. The van der Waals surface area contributed by atoms with E-state index in [4.69, 9.17) is 39.5 Å². The topological polar surface area (TPSA) is 46.5 Å². The third kappa shape index (κ3) is 2.48. The number of ketones is 1. The number of Topliss-reactive ketones (excluding diaryl/α,β-unsaturated/α-hetero) is 1. The summed E-state index contributed by atoms with van der Waals surface area (Å²) in [5.74, 6) is -0.0272. The SMILES string of the molecule is O=C1/C(=C/c2ccc(O)c(Cl)c2)Oc2c(Cl)ccc(Cl)c21. The Bertz CT molecular complexity index is 797. The van der Waals surface area contributed by atoms with Gasteiger partial charge in [-0.1, -0.05) is 40.9 Å². The monoisotopic (exact) mass is 340 g/mol. The number of halogens is 3. The molecule has 1 aliphatic rings. The molecule has 0 aliphatic carbocycles. The van der Waals surface area contributed by atoms with Crippen molar-refractivity contribution in [2.45, 2.75) is 0 Å². The first-order chi connectivity index (χ1) is 9.97. The minimum absolute atomic E-state index is 0.0353. The van der Waals surface area contributed by atoms with Gasteiger partial charge in [-0.25, -0.2) is 0 Å². The zero-order chi connectivity index (χ0) is 15.1. The maximum Gasteiger partial charge on any atom is 0.233 e. The maximum atomic E-state index is 12.3. The number of carbonyl (C=O) groups excluding carboxylic acids is 1. The number of benzene rings is 2. The van der Waals surface area contributed by atoms with Gasteiger partial charge in [-0.15, -0.1) is 0 Å². The summed E-state index contributed by atoms with van der Waals surface area (Å²) in [6, 6.07) is 7.67. The fraction of sp³-hybridized carbons (Fsp3) is 0. The van der Waals surface area contributed by atoms with E-state index >= 15 is 0 Å². The quantitative estimate of drug-likeness (QED) is 0.745. The third-order valence-corrected chi connectivity index (χ3v) is 3.91. The van der Waals surface area contributed by atoms with E-state index in [9.17, 15) is 9.90 Å². The summed E-state index contributed by atoms with van der Waals surface area (Å²) in [5.41, 5.74) is 0.862. The van der Waals surface area contributed by atoms with Gasteiger partial charge >= 0.3 is 0 Å². The second-order valence-electron chi connectivity index (χ2n) is 4.38. The molecule has 0 aromatic heterocycles. The summed E-state index contributed by atoms with van der Waals surface area (Å²) in [7, 11) is 0. The number of phenols is 1. The van der Waals surface area contributed by atoms with Gasteiger partial charge in [0.05, 0.1) is 20.6 Å². The lowest BCUT2D eigenvalue weighted by atomic mass is 10.1. The molecule has 1 heterocycles. The number of carbonyl (C=O) groups is 1. The summed E-state index contributed by atoms with van der Waals surface area (Å²) in [4.78, 5) is 12.3. The molecule has 0 amide bonds. The molecule has 2 aromatic carbocycles. The number of fused-ring (bicyclic) bond motifs is 1. The van der Waals surface area contributed by atoms with Crippen LogP contribution in [0.3, 0.4) is 0 Å². The molecule has 0 radical (unpaired) electrons. The largest absolute Gasteiger partial charge is 0.506 e. The van der Waals surface area contributed by atoms with Crippen molar-refractivity contribution < 1.29 is 14.6 Å². The Labute approximate surface area is 135 Å². The number of rotatable bonds is 1. The normalized spacial score (nSPS) is 15.2. The number of aromatic hydroxyl groups is 1. The van der Waals surface area contributed by atoms with E-state index in [1.54, 1.807) is 18.2 Å². The smallest absolute Gasteiger partial charge is 0.233 e. The number of allylic oxidation sites excluding steroid dienone is 1. The van der Waals surface area contributed by atoms with Gasteiger partial charge in [0.15, 0.2) is 11.5 Å². The minimum atomic E-state index is -0.346. The predicted octanol–water partition coefficient (Wildman–Crippen LogP) is 4.97. The molecule has 0 fully saturated rings. The van der Waals surface area contributed by atoms with Crippen molar-refractivity contribution in [3.8, 4) is 11.5 Å². The first-order valence-corrected chi connectivity index (χ1v) is 7.01. The Morgan fingerprint density at radius 3 is 2.38 bits per heavy atom. The van der Waals surface area contributed by atoms with Crippen molar-refractivity contribution in [3.05, 3.63) is 62.3 Å². The highest BCUT2D eigenvalue weighted by molar-refractivity contribution is 6.39. The maximum absolute atomic E-state index is 12.3. The van der Waals surface area contributed by atoms with Crippen LogP contribution in [0.1, 0.15) is 15.9 Å². The van der Waals surface area contributed by atoms with Gasteiger partial charge in [-0.2, -0.15) is 0 Å². The van der Waals surface area contributed by atoms with E-state index in [2.05, 4.69) is 0 Å². The molecule has 0 saturated heterocycles. The summed E-state index contributed by atoms with van der Waals surface area (Å²) >= 11 is 17.8. The van der Waals surface area contributed by atoms with Gasteiger partial charge in [0.25, 0.3) is 0 Å². The summed E-state index contributed by atoms with van der Waals surface area (Å²) < 4.78 is 5.49. The second-order valence-corrected chi connectivity index (χ2v) is 5.61. The van der Waals surface area contributed by atoms with Gasteiger partial charge in [0.1, 0.15) is 5.75 Å². The average Bonchev–Trinajstić information content (AvgIpc) is 2.77. The first kappa shape index (κ1) is 14.3. The highest BCUT2D eigenvalue weighted by Crippen LogP contribution is 2.41. The number of phenolic OH excluding ortho intramolecular Hbond substituents is 1. The lowest BCUT2D eigenvalue weighted by Crippen LogP contribution is -1.98. The molecule has 0 spiro atoms. The zero-order valence-electron chi connectivity index (χ0n) is 10.4. The van der Waals surface area contributed by atoms with E-state index < -0.39 is 0 Å². The van der Waals surface area contributed by atoms with Crippen molar-refractivity contribution in [2.75, 3.05) is 0 Å². The van der Waals surface area contributed by atoms with Crippen LogP contribution in [0.25, 0.3) is 6.08 Å². The molecule has 0 unspecified atom stereocenters. The van der Waals surface area contributed by atoms with E-state index in [0.29, 0.717) is 10.6 Å². The lowest BCUT2D eigenvalue weighted by Gasteiger charge is -2.02. The number of hydrogen-bond acceptors (Lipinski definition) is 3. The first-order valence-electron chi connectivity index (χ1n) is 5.88. The van der Waals surface area contributed by atoms with Crippen molar-refractivity contribution in [3.63, 3.8) is 0 Å². The van der Waals surface area contributed by atoms with E-state index in [1.807, 2.05) is 0 Å². The highest BCUT2D eigenvalue weighted by atomic mass is 35.5. The Morgan fingerprint density at radius 1 is 1.00 bits per heavy atom. The fourth-order valence-electron chi connectivity index (χ4n) is 1.98. The van der Waals surface area contributed by atoms with Crippen LogP contribution in [0.5, 0.6) is 11.5 Å². The number of hydrogen-bond donors (Lipinski definition) is 1. The minimum Gasteiger partial charge on any atom is -0.506 e. The highest BCUT2D eigenvalue weighted by Gasteiger charge is 2.31. The fourth-order valence-corrected chi connectivity index (χ4v) is 2.60. The standard InChI is InChI=1S/C15H7Cl3O3/c16-8-2-3-9(17)15-13(8)14(20)12(21-15)6-7-1-4-11(19)10(18)5-7/h1-6,19H/b12-6-. The Hall–Kier alpha value is -1.68. The molecular formula is C15H7Cl3O3. The Kier molecular flexibility index (Phi) is 3.57. The van der Waals surface area contributed by atoms with Crippen LogP contribution in [0.4, 0.5) is 0 Å². The third-order valence-electron chi connectivity index (χ3n) is 2.99. The summed E-state index contributed by atoms with van der Waals surface area (Å²) in [6.07, 6.45) is 1.51. The molecule has 0 atom stereocenters. The molecule has 3 rings (SSSR count). The van der Waals surface area contributed by atoms with E-state index in [0.717, 1.165) is 0 Å². The van der Waals surface area contributed by atoms with Gasteiger partial charge < -0.3 is 9.84 Å². The van der Waals surface area contributed by atoms with Gasteiger partial charge in [0.2, 0.25) is 5.78 Å². The molecule has 0 saturated carbocycles. The molecule has 2 aromatic rings. The zero-order valence-corrected chi connectivity index (χ0v) is 12.6. The van der Waals surface area contributed by atoms with Crippen LogP contribution in [0.15, 0.2) is 36.1 Å². The predicted molar refractivity (Wildman–Crippen MR) is 82.5 cm³/mol. The van der Waals surface area contributed by atoms with Crippen molar-refractivity contribution >= 4 is 46.7 Å². The van der Waals surface area contributed by atoms with Crippen LogP contribution < -0.4 is 4.74 Å². The molecule has 21 heavy (non-hydrogen) atoms. The number of ether oxygens (including phenoxy) is 1. The van der Waals surface area contributed by atoms with Crippen LogP contribution in [-0.4, -0.2) is 10.9 Å². The molecule has 106 valence electrons. The molecule has 6 heteroatoms. The van der Waals surface area contributed by atoms with Crippen LogP contribution in [-0.2, 0) is 0 Å². The van der Waals surface area contributed by atoms with Gasteiger partial charge in [0, 0.05) is 0 Å². The van der Waals surface area contributed by atoms with E-state index in [-0.39, 0.29) is 38.7 Å². The molecule has 3 nitrogen and oxygen atoms in total. The van der Waals surface area contributed by atoms with Crippen molar-refractivity contribution in [2.24, 2.45) is 0 Å². The van der Waals surface area contributed by atoms with Crippen LogP contribution in [0, 0.1) is 0 Å². The summed E-state index contributed by atoms with van der Waals surface area (Å²) in [6.45, 7) is 0. The van der Waals surface area contributed by atoms with E-state index in [1.165, 1.54) is 18.2 Å². The molecular weight excluding hydrogens is 335 g/mol. The van der Waals surface area contributed by atoms with Crippen molar-refractivity contribution in [1.29, 1.82) is 0 Å². The molecule has 1 aliphatic heterocycles. The van der Waals surface area contributed by atoms with Crippen LogP contribution in [0.2, 0.25) is 15.1 Å². The second kappa shape index (κ2) is 5.26. The molecule has 0 bridgehead atoms. The van der Waals surface area contributed by atoms with Crippen molar-refractivity contribution in [1.82, 2.24) is 0 Å².